The number of alkyl halides is 3. The zero-order valence-corrected chi connectivity index (χ0v) is 16.8. The van der Waals surface area contributed by atoms with Gasteiger partial charge in [-0.1, -0.05) is 0 Å². The Morgan fingerprint density at radius 3 is 2.37 bits per heavy atom. The Bertz CT molecular complexity index is 913. The molecule has 1 aliphatic rings. The monoisotopic (exact) mass is 440 g/mol. The first-order valence-corrected chi connectivity index (χ1v) is 9.81. The lowest BCUT2D eigenvalue weighted by molar-refractivity contribution is -0.0328. The summed E-state index contributed by atoms with van der Waals surface area (Å²) in [6, 6.07) is 10.0. The second-order valence-corrected chi connectivity index (χ2v) is 7.49. The van der Waals surface area contributed by atoms with E-state index in [2.05, 4.69) is 10.2 Å². The number of thioether (sulfide) groups is 1. The highest BCUT2D eigenvalue weighted by atomic mass is 32.2. The van der Waals surface area contributed by atoms with E-state index in [0.29, 0.717) is 26.3 Å². The molecule has 1 heterocycles. The number of nitrogens with zero attached hydrogens (tertiary/aromatic N) is 1. The van der Waals surface area contributed by atoms with Crippen molar-refractivity contribution in [2.24, 2.45) is 0 Å². The fourth-order valence-electron chi connectivity index (χ4n) is 2.94. The molecule has 6 nitrogen and oxygen atoms in total. The zero-order valence-electron chi connectivity index (χ0n) is 16.0. The number of hydrogen-bond donors (Lipinski definition) is 1. The van der Waals surface area contributed by atoms with Crippen LogP contribution in [-0.4, -0.2) is 50.8 Å². The van der Waals surface area contributed by atoms with E-state index in [0.717, 1.165) is 5.69 Å². The number of halogens is 3. The van der Waals surface area contributed by atoms with Crippen molar-refractivity contribution in [3.8, 4) is 0 Å². The van der Waals surface area contributed by atoms with Crippen LogP contribution in [0, 0.1) is 0 Å². The number of esters is 1. The molecule has 0 atom stereocenters. The summed E-state index contributed by atoms with van der Waals surface area (Å²) in [5.41, 5.74) is -3.02. The van der Waals surface area contributed by atoms with Crippen molar-refractivity contribution < 1.29 is 32.2 Å². The summed E-state index contributed by atoms with van der Waals surface area (Å²) in [4.78, 5) is 26.8. The predicted molar refractivity (Wildman–Crippen MR) is 107 cm³/mol. The number of amides is 1. The molecular weight excluding hydrogens is 421 g/mol. The summed E-state index contributed by atoms with van der Waals surface area (Å²) >= 11 is -0.257. The van der Waals surface area contributed by atoms with Crippen LogP contribution < -0.4 is 10.2 Å². The number of hydrogen-bond acceptors (Lipinski definition) is 6. The lowest BCUT2D eigenvalue weighted by Gasteiger charge is -2.29. The smallest absolute Gasteiger partial charge is 0.446 e. The van der Waals surface area contributed by atoms with Gasteiger partial charge in [0.1, 0.15) is 0 Å². The maximum absolute atomic E-state index is 12.5. The second kappa shape index (κ2) is 9.40. The van der Waals surface area contributed by atoms with Crippen molar-refractivity contribution in [1.82, 2.24) is 0 Å². The molecule has 30 heavy (non-hydrogen) atoms. The first-order valence-electron chi connectivity index (χ1n) is 8.99. The molecule has 2 aromatic carbocycles. The third-order valence-electron chi connectivity index (χ3n) is 4.38. The highest BCUT2D eigenvalue weighted by molar-refractivity contribution is 8.00. The molecule has 1 fully saturated rings. The molecule has 0 radical (unpaired) electrons. The van der Waals surface area contributed by atoms with Crippen LogP contribution in [0.5, 0.6) is 0 Å². The summed E-state index contributed by atoms with van der Waals surface area (Å²) in [5, 5.41) is 2.63. The summed E-state index contributed by atoms with van der Waals surface area (Å²) in [5.74, 6) is -1.17. The largest absolute Gasteiger partial charge is 0.465 e. The van der Waals surface area contributed by atoms with Crippen molar-refractivity contribution in [3.05, 3.63) is 53.6 Å². The van der Waals surface area contributed by atoms with E-state index in [1.54, 1.807) is 18.2 Å². The maximum Gasteiger partial charge on any atom is 0.446 e. The maximum atomic E-state index is 12.5. The molecule has 1 amide bonds. The van der Waals surface area contributed by atoms with Gasteiger partial charge in [0, 0.05) is 29.2 Å². The minimum absolute atomic E-state index is 0.0239. The van der Waals surface area contributed by atoms with E-state index in [9.17, 15) is 22.8 Å². The Hall–Kier alpha value is -2.72. The third-order valence-corrected chi connectivity index (χ3v) is 5.12. The normalized spacial score (nSPS) is 14.3. The SMILES string of the molecule is COC(=O)c1cc(N2CCOCC2)ccc1NC(=O)c1ccc(SC(F)(F)F)cc1. The zero-order chi connectivity index (χ0) is 21.7. The molecule has 0 aliphatic carbocycles. The number of anilines is 2. The number of carbonyl (C=O) groups excluding carboxylic acids is 2. The number of benzene rings is 2. The first kappa shape index (κ1) is 22.0. The Labute approximate surface area is 175 Å². The van der Waals surface area contributed by atoms with Crippen LogP contribution in [0.25, 0.3) is 0 Å². The average Bonchev–Trinajstić information content (AvgIpc) is 2.73. The molecule has 2 aromatic rings. The van der Waals surface area contributed by atoms with Crippen molar-refractivity contribution in [1.29, 1.82) is 0 Å². The summed E-state index contributed by atoms with van der Waals surface area (Å²) in [6.07, 6.45) is 0. The number of rotatable bonds is 5. The van der Waals surface area contributed by atoms with Gasteiger partial charge >= 0.3 is 11.5 Å². The van der Waals surface area contributed by atoms with E-state index < -0.39 is 17.4 Å². The van der Waals surface area contributed by atoms with Gasteiger partial charge in [-0.25, -0.2) is 4.79 Å². The number of morpholine rings is 1. The van der Waals surface area contributed by atoms with Crippen LogP contribution in [0.15, 0.2) is 47.4 Å². The lowest BCUT2D eigenvalue weighted by Crippen LogP contribution is -2.36. The molecular formula is C20H19F3N2O4S. The van der Waals surface area contributed by atoms with Crippen LogP contribution in [0.3, 0.4) is 0 Å². The van der Waals surface area contributed by atoms with E-state index >= 15 is 0 Å². The van der Waals surface area contributed by atoms with Crippen molar-refractivity contribution in [2.75, 3.05) is 43.6 Å². The van der Waals surface area contributed by atoms with Gasteiger partial charge < -0.3 is 19.7 Å². The number of nitrogens with one attached hydrogen (secondary N) is 1. The minimum Gasteiger partial charge on any atom is -0.465 e. The van der Waals surface area contributed by atoms with Crippen LogP contribution in [0.1, 0.15) is 20.7 Å². The van der Waals surface area contributed by atoms with E-state index in [1.807, 2.05) is 0 Å². The summed E-state index contributed by atoms with van der Waals surface area (Å²) in [7, 11) is 1.24. The number of carbonyl (C=O) groups is 2. The van der Waals surface area contributed by atoms with Crippen molar-refractivity contribution >= 4 is 35.0 Å². The fraction of sp³-hybridized carbons (Fsp3) is 0.300. The van der Waals surface area contributed by atoms with Gasteiger partial charge in [-0.2, -0.15) is 13.2 Å². The molecule has 0 unspecified atom stereocenters. The van der Waals surface area contributed by atoms with Gasteiger partial charge in [-0.3, -0.25) is 4.79 Å². The molecule has 1 saturated heterocycles. The molecule has 1 N–H and O–H groups in total. The van der Waals surface area contributed by atoms with E-state index in [-0.39, 0.29) is 33.5 Å². The Morgan fingerprint density at radius 1 is 1.10 bits per heavy atom. The summed E-state index contributed by atoms with van der Waals surface area (Å²) in [6.45, 7) is 2.51. The van der Waals surface area contributed by atoms with Gasteiger partial charge in [-0.05, 0) is 54.2 Å². The van der Waals surface area contributed by atoms with Gasteiger partial charge in [0.15, 0.2) is 0 Å². The molecule has 0 bridgehead atoms. The van der Waals surface area contributed by atoms with E-state index in [4.69, 9.17) is 9.47 Å². The van der Waals surface area contributed by atoms with Gasteiger partial charge in [-0.15, -0.1) is 0 Å². The highest BCUT2D eigenvalue weighted by Gasteiger charge is 2.29. The van der Waals surface area contributed by atoms with Crippen molar-refractivity contribution in [2.45, 2.75) is 10.4 Å². The molecule has 0 aromatic heterocycles. The Morgan fingerprint density at radius 2 is 1.77 bits per heavy atom. The number of methoxy groups -OCH3 is 1. The summed E-state index contributed by atoms with van der Waals surface area (Å²) < 4.78 is 47.5. The molecule has 1 aliphatic heterocycles. The van der Waals surface area contributed by atoms with Crippen LogP contribution >= 0.6 is 11.8 Å². The molecule has 0 saturated carbocycles. The van der Waals surface area contributed by atoms with Crippen molar-refractivity contribution in [3.63, 3.8) is 0 Å². The quantitative estimate of drug-likeness (QED) is 0.556. The van der Waals surface area contributed by atoms with Gasteiger partial charge in [0.05, 0.1) is 31.6 Å². The molecule has 10 heteroatoms. The van der Waals surface area contributed by atoms with Gasteiger partial charge in [0.2, 0.25) is 0 Å². The third kappa shape index (κ3) is 5.67. The fourth-order valence-corrected chi connectivity index (χ4v) is 3.48. The van der Waals surface area contributed by atoms with Gasteiger partial charge in [0.25, 0.3) is 5.91 Å². The average molecular weight is 440 g/mol. The Balaban J connectivity index is 1.79. The number of ether oxygens (including phenoxy) is 2. The Kier molecular flexibility index (Phi) is 6.88. The highest BCUT2D eigenvalue weighted by Crippen LogP contribution is 2.36. The van der Waals surface area contributed by atoms with Crippen LogP contribution in [0.4, 0.5) is 24.5 Å². The molecule has 3 rings (SSSR count). The topological polar surface area (TPSA) is 67.9 Å². The molecule has 160 valence electrons. The molecule has 0 spiro atoms. The predicted octanol–water partition coefficient (Wildman–Crippen LogP) is 4.17. The minimum atomic E-state index is -4.40. The second-order valence-electron chi connectivity index (χ2n) is 6.35. The standard InChI is InChI=1S/C20H19F3N2O4S/c1-28-19(27)16-12-14(25-8-10-29-11-9-25)4-7-17(16)24-18(26)13-2-5-15(6-3-13)30-20(21,22)23/h2-7,12H,8-11H2,1H3,(H,24,26). The van der Waals surface area contributed by atoms with Crippen LogP contribution in [-0.2, 0) is 9.47 Å². The van der Waals surface area contributed by atoms with E-state index in [1.165, 1.54) is 31.4 Å². The van der Waals surface area contributed by atoms with Crippen LogP contribution in [0.2, 0.25) is 0 Å². The lowest BCUT2D eigenvalue weighted by atomic mass is 10.1. The first-order chi connectivity index (χ1) is 14.3.